The highest BCUT2D eigenvalue weighted by Gasteiger charge is 2.17. The zero-order valence-electron chi connectivity index (χ0n) is 11.6. The number of benzene rings is 1. The summed E-state index contributed by atoms with van der Waals surface area (Å²) in [6.07, 6.45) is 5.39. The molecule has 0 unspecified atom stereocenters. The lowest BCUT2D eigenvalue weighted by Gasteiger charge is -2.05. The van der Waals surface area contributed by atoms with Crippen LogP contribution >= 0.6 is 11.8 Å². The highest BCUT2D eigenvalue weighted by atomic mass is 32.2. The molecular weight excluding hydrogens is 270 g/mol. The van der Waals surface area contributed by atoms with Crippen molar-refractivity contribution in [3.63, 3.8) is 0 Å². The topological polar surface area (TPSA) is 51.0 Å². The monoisotopic (exact) mass is 289 g/mol. The van der Waals surface area contributed by atoms with Gasteiger partial charge in [0.15, 0.2) is 5.82 Å². The molecule has 1 fully saturated rings. The van der Waals surface area contributed by atoms with Gasteiger partial charge in [0.05, 0.1) is 11.3 Å². The van der Waals surface area contributed by atoms with Crippen molar-refractivity contribution in [3.8, 4) is 11.5 Å². The van der Waals surface area contributed by atoms with E-state index in [9.17, 15) is 0 Å². The van der Waals surface area contributed by atoms with E-state index in [4.69, 9.17) is 4.52 Å². The third-order valence-corrected chi connectivity index (χ3v) is 5.01. The number of hydrogen-bond acceptors (Lipinski definition) is 5. The van der Waals surface area contributed by atoms with Crippen molar-refractivity contribution in [2.45, 2.75) is 36.7 Å². The first-order chi connectivity index (χ1) is 9.86. The molecular formula is C15H19N3OS. The first kappa shape index (κ1) is 13.5. The molecule has 0 spiro atoms. The van der Waals surface area contributed by atoms with Gasteiger partial charge in [0, 0.05) is 18.0 Å². The van der Waals surface area contributed by atoms with Crippen molar-refractivity contribution in [2.24, 2.45) is 0 Å². The maximum atomic E-state index is 5.39. The van der Waals surface area contributed by atoms with Gasteiger partial charge in [-0.25, -0.2) is 0 Å². The number of para-hydroxylation sites is 1. The molecule has 1 aromatic heterocycles. The lowest BCUT2D eigenvalue weighted by Crippen LogP contribution is -1.96. The molecule has 106 valence electrons. The molecule has 2 aromatic rings. The first-order valence-electron chi connectivity index (χ1n) is 7.08. The highest BCUT2D eigenvalue weighted by molar-refractivity contribution is 7.99. The second-order valence-corrected chi connectivity index (χ2v) is 6.32. The zero-order chi connectivity index (χ0) is 13.8. The van der Waals surface area contributed by atoms with Gasteiger partial charge in [-0.15, -0.1) is 0 Å². The summed E-state index contributed by atoms with van der Waals surface area (Å²) in [5.41, 5.74) is 1.96. The van der Waals surface area contributed by atoms with Gasteiger partial charge >= 0.3 is 0 Å². The molecule has 1 aromatic carbocycles. The Morgan fingerprint density at radius 1 is 1.30 bits per heavy atom. The van der Waals surface area contributed by atoms with Crippen LogP contribution in [-0.2, 0) is 5.75 Å². The van der Waals surface area contributed by atoms with Crippen LogP contribution in [0.2, 0.25) is 0 Å². The molecule has 0 radical (unpaired) electrons. The van der Waals surface area contributed by atoms with Crippen LogP contribution in [0.15, 0.2) is 28.8 Å². The van der Waals surface area contributed by atoms with Gasteiger partial charge < -0.3 is 9.84 Å². The summed E-state index contributed by atoms with van der Waals surface area (Å²) < 4.78 is 5.39. The molecule has 0 amide bonds. The van der Waals surface area contributed by atoms with Crippen molar-refractivity contribution >= 4 is 17.4 Å². The maximum Gasteiger partial charge on any atom is 0.260 e. The fraction of sp³-hybridized carbons (Fsp3) is 0.467. The van der Waals surface area contributed by atoms with Crippen LogP contribution in [0.1, 0.15) is 31.5 Å². The van der Waals surface area contributed by atoms with Crippen LogP contribution in [0.4, 0.5) is 5.69 Å². The van der Waals surface area contributed by atoms with Gasteiger partial charge in [0.2, 0.25) is 0 Å². The SMILES string of the molecule is CNc1ccccc1-c1nc(CSC2CCCC2)no1. The van der Waals surface area contributed by atoms with E-state index in [1.165, 1.54) is 25.7 Å². The third-order valence-electron chi connectivity index (χ3n) is 3.65. The number of nitrogens with zero attached hydrogens (tertiary/aromatic N) is 2. The van der Waals surface area contributed by atoms with E-state index in [2.05, 4.69) is 15.5 Å². The van der Waals surface area contributed by atoms with Crippen LogP contribution in [0.5, 0.6) is 0 Å². The minimum Gasteiger partial charge on any atom is -0.387 e. The van der Waals surface area contributed by atoms with Crippen molar-refractivity contribution < 1.29 is 4.52 Å². The molecule has 1 aliphatic rings. The van der Waals surface area contributed by atoms with E-state index in [0.29, 0.717) is 5.89 Å². The number of nitrogens with one attached hydrogen (secondary N) is 1. The number of hydrogen-bond donors (Lipinski definition) is 1. The summed E-state index contributed by atoms with van der Waals surface area (Å²) >= 11 is 1.95. The Labute approximate surface area is 123 Å². The summed E-state index contributed by atoms with van der Waals surface area (Å²) in [6, 6.07) is 7.97. The third kappa shape index (κ3) is 2.98. The Morgan fingerprint density at radius 3 is 2.90 bits per heavy atom. The summed E-state index contributed by atoms with van der Waals surface area (Å²) in [4.78, 5) is 4.51. The van der Waals surface area contributed by atoms with E-state index in [1.54, 1.807) is 0 Å². The van der Waals surface area contributed by atoms with E-state index < -0.39 is 0 Å². The predicted octanol–water partition coefficient (Wildman–Crippen LogP) is 3.95. The summed E-state index contributed by atoms with van der Waals surface area (Å²) in [6.45, 7) is 0. The van der Waals surface area contributed by atoms with Crippen LogP contribution in [0.25, 0.3) is 11.5 Å². The molecule has 1 N–H and O–H groups in total. The smallest absolute Gasteiger partial charge is 0.260 e. The van der Waals surface area contributed by atoms with Crippen LogP contribution in [0.3, 0.4) is 0 Å². The van der Waals surface area contributed by atoms with Gasteiger partial charge in [-0.2, -0.15) is 16.7 Å². The summed E-state index contributed by atoms with van der Waals surface area (Å²) in [7, 11) is 1.89. The zero-order valence-corrected chi connectivity index (χ0v) is 12.4. The van der Waals surface area contributed by atoms with Gasteiger partial charge in [-0.3, -0.25) is 0 Å². The minimum atomic E-state index is 0.594. The van der Waals surface area contributed by atoms with E-state index in [1.807, 2.05) is 43.1 Å². The maximum absolute atomic E-state index is 5.39. The normalized spacial score (nSPS) is 15.7. The Morgan fingerprint density at radius 2 is 2.10 bits per heavy atom. The predicted molar refractivity (Wildman–Crippen MR) is 82.8 cm³/mol. The Kier molecular flexibility index (Phi) is 4.25. The standard InChI is InChI=1S/C15H19N3OS/c1-16-13-9-5-4-8-12(13)15-17-14(18-19-15)10-20-11-6-2-3-7-11/h4-5,8-9,11,16H,2-3,6-7,10H2,1H3. The molecule has 3 rings (SSSR count). The Balaban J connectivity index is 1.69. The Hall–Kier alpha value is -1.49. The quantitative estimate of drug-likeness (QED) is 0.903. The molecule has 1 aliphatic carbocycles. The van der Waals surface area contributed by atoms with Crippen LogP contribution < -0.4 is 5.32 Å². The van der Waals surface area contributed by atoms with Crippen molar-refractivity contribution in [2.75, 3.05) is 12.4 Å². The molecule has 0 saturated heterocycles. The molecule has 0 aliphatic heterocycles. The Bertz CT molecular complexity index is 564. The number of anilines is 1. The van der Waals surface area contributed by atoms with Gasteiger partial charge in [-0.1, -0.05) is 30.1 Å². The van der Waals surface area contributed by atoms with Crippen LogP contribution in [-0.4, -0.2) is 22.4 Å². The van der Waals surface area contributed by atoms with Crippen molar-refractivity contribution in [1.29, 1.82) is 0 Å². The fourth-order valence-electron chi connectivity index (χ4n) is 2.56. The lowest BCUT2D eigenvalue weighted by atomic mass is 10.2. The average Bonchev–Trinajstić information content (AvgIpc) is 3.16. The van der Waals surface area contributed by atoms with Gasteiger partial charge in [0.1, 0.15) is 0 Å². The molecule has 4 nitrogen and oxygen atoms in total. The molecule has 0 bridgehead atoms. The molecule has 1 saturated carbocycles. The van der Waals surface area contributed by atoms with Gasteiger partial charge in [0.25, 0.3) is 5.89 Å². The van der Waals surface area contributed by atoms with Crippen molar-refractivity contribution in [3.05, 3.63) is 30.1 Å². The lowest BCUT2D eigenvalue weighted by molar-refractivity contribution is 0.425. The summed E-state index contributed by atoms with van der Waals surface area (Å²) in [5, 5.41) is 8.02. The minimum absolute atomic E-state index is 0.594. The highest BCUT2D eigenvalue weighted by Crippen LogP contribution is 2.32. The molecule has 5 heteroatoms. The molecule has 0 atom stereocenters. The van der Waals surface area contributed by atoms with E-state index in [0.717, 1.165) is 28.1 Å². The fourth-order valence-corrected chi connectivity index (χ4v) is 3.73. The molecule has 20 heavy (non-hydrogen) atoms. The largest absolute Gasteiger partial charge is 0.387 e. The van der Waals surface area contributed by atoms with Gasteiger partial charge in [-0.05, 0) is 25.0 Å². The average molecular weight is 289 g/mol. The second-order valence-electron chi connectivity index (χ2n) is 5.03. The van der Waals surface area contributed by atoms with E-state index in [-0.39, 0.29) is 0 Å². The number of thioether (sulfide) groups is 1. The van der Waals surface area contributed by atoms with E-state index >= 15 is 0 Å². The molecule has 1 heterocycles. The second kappa shape index (κ2) is 6.31. The van der Waals surface area contributed by atoms with Crippen LogP contribution in [0, 0.1) is 0 Å². The summed E-state index contributed by atoms with van der Waals surface area (Å²) in [5.74, 6) is 2.23. The number of aromatic nitrogens is 2. The number of rotatable bonds is 5. The van der Waals surface area contributed by atoms with Crippen molar-refractivity contribution in [1.82, 2.24) is 10.1 Å². The first-order valence-corrected chi connectivity index (χ1v) is 8.13.